The van der Waals surface area contributed by atoms with Crippen molar-refractivity contribution in [3.63, 3.8) is 0 Å². The lowest BCUT2D eigenvalue weighted by Gasteiger charge is -2.21. The van der Waals surface area contributed by atoms with Crippen LogP contribution in [-0.4, -0.2) is 19.3 Å². The number of benzene rings is 8. The number of hydrogen-bond donors (Lipinski definition) is 0. The Morgan fingerprint density at radius 1 is 0.368 bits per heavy atom. The molecule has 4 heteroatoms. The molecule has 0 unspecified atom stereocenters. The van der Waals surface area contributed by atoms with Crippen LogP contribution < -0.4 is 0 Å². The van der Waals surface area contributed by atoms with Crippen molar-refractivity contribution in [1.29, 1.82) is 0 Å². The zero-order valence-electron chi connectivity index (χ0n) is 31.8. The highest BCUT2D eigenvalue weighted by molar-refractivity contribution is 6.14. The first kappa shape index (κ1) is 33.1. The minimum Gasteiger partial charge on any atom is -0.309 e. The maximum absolute atomic E-state index is 4.70. The molecule has 0 aliphatic heterocycles. The van der Waals surface area contributed by atoms with Crippen LogP contribution in [0, 0.1) is 0 Å². The Bertz CT molecular complexity index is 3060. The van der Waals surface area contributed by atoms with Gasteiger partial charge in [-0.05, 0) is 81.4 Å². The molecule has 0 N–H and O–H groups in total. The van der Waals surface area contributed by atoms with Gasteiger partial charge in [0.15, 0.2) is 11.6 Å². The predicted octanol–water partition coefficient (Wildman–Crippen LogP) is 13.3. The normalized spacial score (nSPS) is 12.9. The first-order chi connectivity index (χ1) is 28.0. The first-order valence-electron chi connectivity index (χ1n) is 19.6. The molecule has 0 atom stereocenters. The molecule has 0 spiro atoms. The second-order valence-corrected chi connectivity index (χ2v) is 15.5. The lowest BCUT2D eigenvalue weighted by Crippen LogP contribution is -2.14. The summed E-state index contributed by atoms with van der Waals surface area (Å²) in [6.45, 7) is 4.68. The number of fused-ring (bicyclic) bond motifs is 6. The standard InChI is InChI=1S/C53H38N4/c1-53(2)47-24-13-12-21-43(47)45-33-38(27-31-48(45)53)39-28-32-49-46(34-39)44-23-14-22-42(50(44)56(49)40-19-10-5-11-20-40)35-25-29-41(30-26-35)57-51(36-15-6-3-7-16-36)54-55-52(57)37-17-8-4-9-18-37/h3-34H,1-2H3. The predicted molar refractivity (Wildman–Crippen MR) is 235 cm³/mol. The van der Waals surface area contributed by atoms with Gasteiger partial charge in [-0.2, -0.15) is 0 Å². The summed E-state index contributed by atoms with van der Waals surface area (Å²) >= 11 is 0. The zero-order chi connectivity index (χ0) is 38.1. The Hall–Kier alpha value is -7.30. The van der Waals surface area contributed by atoms with Crippen molar-refractivity contribution in [2.75, 3.05) is 0 Å². The van der Waals surface area contributed by atoms with Gasteiger partial charge in [-0.15, -0.1) is 10.2 Å². The molecule has 0 saturated carbocycles. The highest BCUT2D eigenvalue weighted by Gasteiger charge is 2.35. The highest BCUT2D eigenvalue weighted by atomic mass is 15.3. The SMILES string of the molecule is CC1(C)c2ccccc2-c2cc(-c3ccc4c(c3)c3cccc(-c5ccc(-n6c(-c7ccccc7)nnc6-c6ccccc6)cc5)c3n4-c3ccccc3)ccc21. The third-order valence-electron chi connectivity index (χ3n) is 11.9. The van der Waals surface area contributed by atoms with Crippen molar-refractivity contribution in [1.82, 2.24) is 19.3 Å². The molecule has 270 valence electrons. The molecule has 10 aromatic rings. The molecule has 1 aliphatic rings. The Kier molecular flexibility index (Phi) is 7.48. The van der Waals surface area contributed by atoms with Crippen molar-refractivity contribution in [3.05, 3.63) is 205 Å². The second-order valence-electron chi connectivity index (χ2n) is 15.5. The molecule has 1 aliphatic carbocycles. The Labute approximate surface area is 332 Å². The van der Waals surface area contributed by atoms with E-state index in [0.717, 1.165) is 39.7 Å². The minimum atomic E-state index is -0.0177. The van der Waals surface area contributed by atoms with Gasteiger partial charge in [-0.1, -0.05) is 166 Å². The van der Waals surface area contributed by atoms with Crippen LogP contribution >= 0.6 is 0 Å². The van der Waals surface area contributed by atoms with Gasteiger partial charge in [0.1, 0.15) is 0 Å². The maximum Gasteiger partial charge on any atom is 0.168 e. The molecule has 0 bridgehead atoms. The smallest absolute Gasteiger partial charge is 0.168 e. The second kappa shape index (κ2) is 12.9. The van der Waals surface area contributed by atoms with E-state index in [1.807, 2.05) is 36.4 Å². The van der Waals surface area contributed by atoms with E-state index in [1.54, 1.807) is 0 Å². The Morgan fingerprint density at radius 2 is 0.912 bits per heavy atom. The third-order valence-corrected chi connectivity index (χ3v) is 11.9. The van der Waals surface area contributed by atoms with Crippen LogP contribution in [0.5, 0.6) is 0 Å². The molecular formula is C53H38N4. The van der Waals surface area contributed by atoms with Crippen LogP contribution in [0.4, 0.5) is 0 Å². The number of hydrogen-bond acceptors (Lipinski definition) is 2. The van der Waals surface area contributed by atoms with Crippen LogP contribution in [0.2, 0.25) is 0 Å². The molecule has 11 rings (SSSR count). The van der Waals surface area contributed by atoms with E-state index in [9.17, 15) is 0 Å². The number of aromatic nitrogens is 4. The van der Waals surface area contributed by atoms with Crippen molar-refractivity contribution in [2.24, 2.45) is 0 Å². The van der Waals surface area contributed by atoms with E-state index in [0.29, 0.717) is 0 Å². The molecule has 0 amide bonds. The lowest BCUT2D eigenvalue weighted by atomic mass is 9.82. The molecule has 0 radical (unpaired) electrons. The van der Waals surface area contributed by atoms with E-state index in [1.165, 1.54) is 60.8 Å². The van der Waals surface area contributed by atoms with E-state index < -0.39 is 0 Å². The topological polar surface area (TPSA) is 35.6 Å². The molecule has 2 aromatic heterocycles. The zero-order valence-corrected chi connectivity index (χ0v) is 31.8. The largest absolute Gasteiger partial charge is 0.309 e. The first-order valence-corrected chi connectivity index (χ1v) is 19.6. The number of para-hydroxylation sites is 2. The Morgan fingerprint density at radius 3 is 1.61 bits per heavy atom. The van der Waals surface area contributed by atoms with Gasteiger partial charge in [0.25, 0.3) is 0 Å². The van der Waals surface area contributed by atoms with Gasteiger partial charge in [0, 0.05) is 44.3 Å². The van der Waals surface area contributed by atoms with E-state index in [2.05, 4.69) is 181 Å². The fourth-order valence-corrected chi connectivity index (χ4v) is 9.09. The van der Waals surface area contributed by atoms with Crippen molar-refractivity contribution in [3.8, 4) is 67.5 Å². The van der Waals surface area contributed by atoms with Crippen LogP contribution in [-0.2, 0) is 5.41 Å². The summed E-state index contributed by atoms with van der Waals surface area (Å²) in [6.07, 6.45) is 0. The quantitative estimate of drug-likeness (QED) is 0.171. The van der Waals surface area contributed by atoms with Crippen LogP contribution in [0.15, 0.2) is 194 Å². The molecule has 0 saturated heterocycles. The van der Waals surface area contributed by atoms with Crippen molar-refractivity contribution < 1.29 is 0 Å². The molecule has 8 aromatic carbocycles. The van der Waals surface area contributed by atoms with Crippen LogP contribution in [0.3, 0.4) is 0 Å². The van der Waals surface area contributed by atoms with Crippen LogP contribution in [0.1, 0.15) is 25.0 Å². The molecule has 2 heterocycles. The molecule has 4 nitrogen and oxygen atoms in total. The summed E-state index contributed by atoms with van der Waals surface area (Å²) in [5.41, 5.74) is 16.7. The van der Waals surface area contributed by atoms with Gasteiger partial charge in [0.05, 0.1) is 11.0 Å². The Balaban J connectivity index is 1.07. The van der Waals surface area contributed by atoms with Crippen molar-refractivity contribution >= 4 is 21.8 Å². The number of rotatable bonds is 6. The minimum absolute atomic E-state index is 0.0177. The lowest BCUT2D eigenvalue weighted by molar-refractivity contribution is 0.660. The van der Waals surface area contributed by atoms with Gasteiger partial charge < -0.3 is 4.57 Å². The highest BCUT2D eigenvalue weighted by Crippen LogP contribution is 2.50. The molecule has 0 fully saturated rings. The van der Waals surface area contributed by atoms with Gasteiger partial charge in [0.2, 0.25) is 0 Å². The van der Waals surface area contributed by atoms with E-state index in [4.69, 9.17) is 10.2 Å². The molecule has 57 heavy (non-hydrogen) atoms. The van der Waals surface area contributed by atoms with E-state index >= 15 is 0 Å². The number of nitrogens with zero attached hydrogens (tertiary/aromatic N) is 4. The fraction of sp³-hybridized carbons (Fsp3) is 0.0566. The average Bonchev–Trinajstić information content (AvgIpc) is 3.93. The summed E-state index contributed by atoms with van der Waals surface area (Å²) in [4.78, 5) is 0. The summed E-state index contributed by atoms with van der Waals surface area (Å²) in [7, 11) is 0. The average molecular weight is 731 g/mol. The summed E-state index contributed by atoms with van der Waals surface area (Å²) in [5, 5.41) is 11.9. The fourth-order valence-electron chi connectivity index (χ4n) is 9.09. The molecular weight excluding hydrogens is 693 g/mol. The van der Waals surface area contributed by atoms with Gasteiger partial charge in [-0.25, -0.2) is 0 Å². The summed E-state index contributed by atoms with van der Waals surface area (Å²) in [6, 6.07) is 69.8. The summed E-state index contributed by atoms with van der Waals surface area (Å²) in [5.74, 6) is 1.61. The van der Waals surface area contributed by atoms with Gasteiger partial charge in [-0.3, -0.25) is 4.57 Å². The monoisotopic (exact) mass is 730 g/mol. The van der Waals surface area contributed by atoms with Crippen LogP contribution in [0.25, 0.3) is 89.3 Å². The van der Waals surface area contributed by atoms with Crippen molar-refractivity contribution in [2.45, 2.75) is 19.3 Å². The maximum atomic E-state index is 4.70. The third kappa shape index (κ3) is 5.22. The van der Waals surface area contributed by atoms with E-state index in [-0.39, 0.29) is 5.41 Å². The summed E-state index contributed by atoms with van der Waals surface area (Å²) < 4.78 is 4.59. The van der Waals surface area contributed by atoms with Gasteiger partial charge >= 0.3 is 0 Å².